The summed E-state index contributed by atoms with van der Waals surface area (Å²) in [4.78, 5) is 35.6. The van der Waals surface area contributed by atoms with Gasteiger partial charge >= 0.3 is 12.0 Å². The molecule has 12 heteroatoms. The number of carboxylic acids is 1. The summed E-state index contributed by atoms with van der Waals surface area (Å²) in [7, 11) is 0. The number of anilines is 1. The second kappa shape index (κ2) is 15.0. The molecule has 1 fully saturated rings. The Kier molecular flexibility index (Phi) is 10.5. The molecule has 2 aliphatic rings. The molecule has 1 unspecified atom stereocenters. The summed E-state index contributed by atoms with van der Waals surface area (Å²) in [5.41, 5.74) is 10.3. The number of rotatable bonds is 7. The van der Waals surface area contributed by atoms with Crippen molar-refractivity contribution < 1.29 is 14.7 Å². The molecule has 1 saturated heterocycles. The van der Waals surface area contributed by atoms with E-state index in [1.807, 2.05) is 82.3 Å². The fourth-order valence-electron chi connectivity index (χ4n) is 6.33. The van der Waals surface area contributed by atoms with E-state index in [0.29, 0.717) is 23.9 Å². The molecule has 10 nitrogen and oxygen atoms in total. The number of fused-ring (bicyclic) bond motifs is 2. The second-order valence-corrected chi connectivity index (χ2v) is 13.8. The number of carbonyl (C=O) groups excluding carboxylic acids is 1. The molecule has 1 atom stereocenters. The van der Waals surface area contributed by atoms with Gasteiger partial charge in [-0.3, -0.25) is 4.98 Å². The average Bonchev–Trinajstić information content (AvgIpc) is 3.37. The molecule has 0 bridgehead atoms. The van der Waals surface area contributed by atoms with Crippen molar-refractivity contribution in [3.05, 3.63) is 123 Å². The van der Waals surface area contributed by atoms with Gasteiger partial charge in [-0.25, -0.2) is 14.6 Å². The predicted molar refractivity (Wildman–Crippen MR) is 194 cm³/mol. The molecule has 5 N–H and O–H groups in total. The van der Waals surface area contributed by atoms with E-state index >= 15 is 0 Å². The maximum Gasteiger partial charge on any atom is 0.331 e. The minimum absolute atomic E-state index is 0.0619. The fourth-order valence-corrected chi connectivity index (χ4v) is 7.00. The lowest BCUT2D eigenvalue weighted by atomic mass is 9.90. The number of imidazole rings is 1. The number of halogens is 2. The van der Waals surface area contributed by atoms with E-state index in [1.165, 1.54) is 5.56 Å². The van der Waals surface area contributed by atoms with Crippen molar-refractivity contribution in [1.29, 1.82) is 0 Å². The monoisotopic (exact) mass is 773 g/mol. The first-order chi connectivity index (χ1) is 23.2. The number of nitrogens with two attached hydrogens (primary N) is 1. The second-order valence-electron chi connectivity index (χ2n) is 12.1. The Bertz CT molecular complexity index is 1910. The van der Waals surface area contributed by atoms with Crippen molar-refractivity contribution in [1.82, 2.24) is 24.8 Å². The minimum Gasteiger partial charge on any atom is -0.480 e. The van der Waals surface area contributed by atoms with Crippen LogP contribution in [0.4, 0.5) is 10.5 Å². The number of carbonyl (C=O) groups is 2. The Morgan fingerprint density at radius 1 is 0.979 bits per heavy atom. The first-order valence-electron chi connectivity index (χ1n) is 15.9. The molecule has 0 spiro atoms. The van der Waals surface area contributed by atoms with Crippen LogP contribution in [0, 0.1) is 0 Å². The van der Waals surface area contributed by atoms with Crippen LogP contribution in [-0.2, 0) is 29.7 Å². The van der Waals surface area contributed by atoms with E-state index in [1.54, 1.807) is 12.4 Å². The van der Waals surface area contributed by atoms with Crippen LogP contribution in [0.5, 0.6) is 0 Å². The van der Waals surface area contributed by atoms with Crippen LogP contribution in [0.3, 0.4) is 0 Å². The summed E-state index contributed by atoms with van der Waals surface area (Å²) in [6.45, 7) is 3.27. The van der Waals surface area contributed by atoms with Gasteiger partial charge in [0.2, 0.25) is 0 Å². The van der Waals surface area contributed by atoms with Crippen LogP contribution in [0.1, 0.15) is 35.4 Å². The van der Waals surface area contributed by atoms with Crippen LogP contribution in [0.15, 0.2) is 100 Å². The lowest BCUT2D eigenvalue weighted by Crippen LogP contribution is -2.49. The number of para-hydroxylation sites is 3. The molecular formula is C36H37Br2N7O3. The summed E-state index contributed by atoms with van der Waals surface area (Å²) < 4.78 is 3.58. The highest BCUT2D eigenvalue weighted by Gasteiger charge is 2.41. The highest BCUT2D eigenvalue weighted by atomic mass is 79.9. The van der Waals surface area contributed by atoms with E-state index in [-0.39, 0.29) is 12.5 Å². The number of carboxylic acid groups (broad SMARTS) is 1. The molecule has 3 aromatic carbocycles. The number of aliphatic carboxylic acids is 1. The summed E-state index contributed by atoms with van der Waals surface area (Å²) in [6.07, 6.45) is 6.60. The third-order valence-corrected chi connectivity index (χ3v) is 10.7. The molecule has 248 valence electrons. The highest BCUT2D eigenvalue weighted by molar-refractivity contribution is 9.13. The number of pyridine rings is 1. The van der Waals surface area contributed by atoms with Crippen molar-refractivity contribution in [3.8, 4) is 0 Å². The maximum atomic E-state index is 12.4. The smallest absolute Gasteiger partial charge is 0.331 e. The molecule has 0 saturated carbocycles. The quantitative estimate of drug-likeness (QED) is 0.152. The lowest BCUT2D eigenvalue weighted by molar-refractivity contribution is -0.144. The molecule has 5 aromatic rings. The minimum atomic E-state index is -1.71. The Labute approximate surface area is 296 Å². The van der Waals surface area contributed by atoms with Gasteiger partial charge in [-0.15, -0.1) is 0 Å². The van der Waals surface area contributed by atoms with Crippen LogP contribution in [0.25, 0.3) is 11.0 Å². The molecule has 2 aromatic heterocycles. The zero-order valence-electron chi connectivity index (χ0n) is 26.3. The molecule has 0 aliphatic carbocycles. The van der Waals surface area contributed by atoms with Crippen LogP contribution in [-0.4, -0.2) is 62.2 Å². The highest BCUT2D eigenvalue weighted by Crippen LogP contribution is 2.31. The molecular weight excluding hydrogens is 738 g/mol. The van der Waals surface area contributed by atoms with E-state index in [2.05, 4.69) is 58.5 Å². The standard InChI is InChI=1S/C22H18Br2N4O2.C14H19N3O/c23-16-8-7-14(10-17(16)24)11-22(25,21(29)30)20-27-18-5-1-2-6-19(18)28(20)13-15-4-3-9-26-12-15;18-14-16-13-4-2-1-3-11(13)7-10-17(14)12-5-8-15-9-6-12/h1-10,12H,11,13,25H2,(H,29,30);1-4,12,15H,5-10H2,(H,16,18). The van der Waals surface area contributed by atoms with Gasteiger partial charge in [0.15, 0.2) is 5.54 Å². The Morgan fingerprint density at radius 3 is 2.50 bits per heavy atom. The van der Waals surface area contributed by atoms with E-state index in [0.717, 1.165) is 70.2 Å². The van der Waals surface area contributed by atoms with Crippen LogP contribution >= 0.6 is 31.9 Å². The number of aromatic nitrogens is 3. The van der Waals surface area contributed by atoms with E-state index in [9.17, 15) is 14.7 Å². The number of nitrogens with one attached hydrogen (secondary N) is 2. The Hall–Kier alpha value is -4.10. The SMILES string of the molecule is NC(Cc1ccc(Br)c(Br)c1)(C(=O)O)c1nc2ccccc2n1Cc1cccnc1.O=C1Nc2ccccc2CCN1C1CCNCC1. The predicted octanol–water partition coefficient (Wildman–Crippen LogP) is 6.31. The van der Waals surface area contributed by atoms with Crippen molar-refractivity contribution in [2.24, 2.45) is 5.73 Å². The summed E-state index contributed by atoms with van der Waals surface area (Å²) in [5.74, 6) is -0.830. The van der Waals surface area contributed by atoms with E-state index < -0.39 is 11.5 Å². The number of hydrogen-bond donors (Lipinski definition) is 4. The van der Waals surface area contributed by atoms with Gasteiger partial charge in [-0.05, 0) is 117 Å². The molecule has 0 radical (unpaired) electrons. The summed E-state index contributed by atoms with van der Waals surface area (Å²) in [5, 5.41) is 16.6. The maximum absolute atomic E-state index is 12.4. The van der Waals surface area contributed by atoms with Crippen molar-refractivity contribution in [2.45, 2.75) is 43.8 Å². The van der Waals surface area contributed by atoms with Gasteiger partial charge in [0.25, 0.3) is 0 Å². The normalized spacial score (nSPS) is 16.2. The van der Waals surface area contributed by atoms with Gasteiger partial charge in [0, 0.05) is 46.0 Å². The van der Waals surface area contributed by atoms with Crippen molar-refractivity contribution in [3.63, 3.8) is 0 Å². The van der Waals surface area contributed by atoms with E-state index in [4.69, 9.17) is 5.73 Å². The lowest BCUT2D eigenvalue weighted by Gasteiger charge is -2.33. The van der Waals surface area contributed by atoms with Gasteiger partial charge < -0.3 is 30.9 Å². The fraction of sp³-hybridized carbons (Fsp3) is 0.278. The molecule has 2 aliphatic heterocycles. The summed E-state index contributed by atoms with van der Waals surface area (Å²) in [6, 6.07) is 25.5. The molecule has 2 amide bonds. The zero-order valence-corrected chi connectivity index (χ0v) is 29.5. The van der Waals surface area contributed by atoms with Crippen molar-refractivity contribution >= 4 is 60.6 Å². The van der Waals surface area contributed by atoms with Crippen LogP contribution in [0.2, 0.25) is 0 Å². The van der Waals surface area contributed by atoms with Gasteiger partial charge in [0.05, 0.1) is 17.6 Å². The van der Waals surface area contributed by atoms with Crippen LogP contribution < -0.4 is 16.4 Å². The first-order valence-corrected chi connectivity index (χ1v) is 17.5. The number of urea groups is 1. The number of benzene rings is 3. The zero-order chi connectivity index (χ0) is 33.7. The van der Waals surface area contributed by atoms with Gasteiger partial charge in [0.1, 0.15) is 5.82 Å². The summed E-state index contributed by atoms with van der Waals surface area (Å²) >= 11 is 6.91. The number of nitrogens with zero attached hydrogens (tertiary/aromatic N) is 4. The Morgan fingerprint density at radius 2 is 1.75 bits per heavy atom. The Balaban J connectivity index is 0.000000189. The molecule has 7 rings (SSSR count). The number of amides is 2. The first kappa shape index (κ1) is 33.8. The third kappa shape index (κ3) is 7.46. The molecule has 4 heterocycles. The molecule has 48 heavy (non-hydrogen) atoms. The largest absolute Gasteiger partial charge is 0.480 e. The number of hydrogen-bond acceptors (Lipinski definition) is 6. The van der Waals surface area contributed by atoms with Gasteiger partial charge in [-0.2, -0.15) is 0 Å². The van der Waals surface area contributed by atoms with Crippen molar-refractivity contribution in [2.75, 3.05) is 25.0 Å². The average molecular weight is 776 g/mol. The number of piperidine rings is 1. The topological polar surface area (TPSA) is 138 Å². The van der Waals surface area contributed by atoms with Gasteiger partial charge in [-0.1, -0.05) is 42.5 Å². The third-order valence-electron chi connectivity index (χ3n) is 8.86.